The molecule has 0 saturated carbocycles. The molecule has 0 aliphatic heterocycles. The van der Waals surface area contributed by atoms with Crippen LogP contribution in [0.15, 0.2) is 54.7 Å². The van der Waals surface area contributed by atoms with E-state index in [2.05, 4.69) is 82.7 Å². The third kappa shape index (κ3) is 11.1. The first-order valence-corrected chi connectivity index (χ1v) is 15.1. The van der Waals surface area contributed by atoms with E-state index < -0.39 is 0 Å². The Balaban J connectivity index is 1.53. The standard InChI is InChI=1S/C33H50N4/c1-3-5-7-9-11-13-15-17-29-19-23-32(24-20-29)37(28-31-27-34-36-35-31)33-25-21-30(22-26-33)18-16-14-12-10-8-6-4-2/h19-27H,3-18,28H2,1-2H3,(H,34,35,36). The van der Waals surface area contributed by atoms with Crippen LogP contribution in [0.3, 0.4) is 0 Å². The van der Waals surface area contributed by atoms with E-state index in [9.17, 15) is 0 Å². The van der Waals surface area contributed by atoms with E-state index in [0.29, 0.717) is 6.54 Å². The zero-order chi connectivity index (χ0) is 26.0. The van der Waals surface area contributed by atoms with Gasteiger partial charge in [0, 0.05) is 11.4 Å². The van der Waals surface area contributed by atoms with Crippen molar-refractivity contribution in [2.24, 2.45) is 0 Å². The number of nitrogens with zero attached hydrogens (tertiary/aromatic N) is 3. The van der Waals surface area contributed by atoms with E-state index in [1.54, 1.807) is 0 Å². The van der Waals surface area contributed by atoms with Crippen molar-refractivity contribution in [3.63, 3.8) is 0 Å². The van der Waals surface area contributed by atoms with E-state index in [1.165, 1.54) is 125 Å². The van der Waals surface area contributed by atoms with Gasteiger partial charge in [-0.25, -0.2) is 0 Å². The fraction of sp³-hybridized carbons (Fsp3) is 0.576. The SMILES string of the molecule is CCCCCCCCCc1ccc(N(Cc2cn[nH]n2)c2ccc(CCCCCCCCC)cc2)cc1. The Morgan fingerprint density at radius 2 is 1.00 bits per heavy atom. The number of hydrogen-bond acceptors (Lipinski definition) is 3. The van der Waals surface area contributed by atoms with Gasteiger partial charge >= 0.3 is 0 Å². The molecule has 0 aliphatic carbocycles. The summed E-state index contributed by atoms with van der Waals surface area (Å²) in [5.41, 5.74) is 6.21. The molecule has 0 bridgehead atoms. The smallest absolute Gasteiger partial charge is 0.102 e. The Labute approximate surface area is 226 Å². The Morgan fingerprint density at radius 3 is 1.41 bits per heavy atom. The van der Waals surface area contributed by atoms with Gasteiger partial charge in [0.05, 0.1) is 12.7 Å². The second kappa shape index (κ2) is 17.8. The first kappa shape index (κ1) is 28.9. The van der Waals surface area contributed by atoms with Crippen LogP contribution < -0.4 is 4.90 Å². The van der Waals surface area contributed by atoms with Gasteiger partial charge in [0.15, 0.2) is 0 Å². The molecule has 0 spiro atoms. The zero-order valence-corrected chi connectivity index (χ0v) is 23.6. The number of anilines is 2. The summed E-state index contributed by atoms with van der Waals surface area (Å²) in [6, 6.07) is 18.3. The predicted molar refractivity (Wildman–Crippen MR) is 159 cm³/mol. The minimum Gasteiger partial charge on any atom is -0.335 e. The number of nitrogens with one attached hydrogen (secondary N) is 1. The molecule has 4 heteroatoms. The number of aromatic nitrogens is 3. The maximum absolute atomic E-state index is 4.32. The Morgan fingerprint density at radius 1 is 0.568 bits per heavy atom. The lowest BCUT2D eigenvalue weighted by Crippen LogP contribution is -2.16. The van der Waals surface area contributed by atoms with Crippen LogP contribution in [0.25, 0.3) is 0 Å². The summed E-state index contributed by atoms with van der Waals surface area (Å²) in [6.07, 6.45) is 23.1. The van der Waals surface area contributed by atoms with E-state index in [0.717, 1.165) is 5.69 Å². The predicted octanol–water partition coefficient (Wildman–Crippen LogP) is 9.73. The molecule has 202 valence electrons. The molecule has 0 unspecified atom stereocenters. The summed E-state index contributed by atoms with van der Waals surface area (Å²) in [6.45, 7) is 5.26. The monoisotopic (exact) mass is 502 g/mol. The summed E-state index contributed by atoms with van der Waals surface area (Å²) in [5.74, 6) is 0. The summed E-state index contributed by atoms with van der Waals surface area (Å²) in [4.78, 5) is 2.34. The van der Waals surface area contributed by atoms with Crippen LogP contribution in [0.1, 0.15) is 121 Å². The fourth-order valence-corrected chi connectivity index (χ4v) is 5.05. The van der Waals surface area contributed by atoms with Crippen molar-refractivity contribution in [3.05, 3.63) is 71.5 Å². The fourth-order valence-electron chi connectivity index (χ4n) is 5.05. The lowest BCUT2D eigenvalue weighted by molar-refractivity contribution is 0.589. The van der Waals surface area contributed by atoms with Crippen LogP contribution >= 0.6 is 0 Å². The Bertz CT molecular complexity index is 870. The summed E-state index contributed by atoms with van der Waals surface area (Å²) in [5, 5.41) is 11.1. The molecular formula is C33H50N4. The second-order valence-corrected chi connectivity index (χ2v) is 10.6. The average Bonchev–Trinajstić information content (AvgIpc) is 3.45. The van der Waals surface area contributed by atoms with Crippen LogP contribution in [-0.4, -0.2) is 15.4 Å². The van der Waals surface area contributed by atoms with Gasteiger partial charge in [0.1, 0.15) is 5.69 Å². The molecule has 0 saturated heterocycles. The van der Waals surface area contributed by atoms with Crippen molar-refractivity contribution in [2.75, 3.05) is 4.90 Å². The normalized spacial score (nSPS) is 11.2. The average molecular weight is 503 g/mol. The molecule has 3 rings (SSSR count). The first-order chi connectivity index (χ1) is 18.3. The van der Waals surface area contributed by atoms with Crippen molar-refractivity contribution in [1.29, 1.82) is 0 Å². The highest BCUT2D eigenvalue weighted by molar-refractivity contribution is 5.63. The van der Waals surface area contributed by atoms with E-state index >= 15 is 0 Å². The van der Waals surface area contributed by atoms with Crippen LogP contribution in [0.5, 0.6) is 0 Å². The van der Waals surface area contributed by atoms with Gasteiger partial charge in [-0.2, -0.15) is 15.4 Å². The highest BCUT2D eigenvalue weighted by atomic mass is 15.3. The molecule has 0 fully saturated rings. The largest absolute Gasteiger partial charge is 0.335 e. The number of unbranched alkanes of at least 4 members (excludes halogenated alkanes) is 12. The molecule has 0 aliphatic rings. The molecule has 1 heterocycles. The summed E-state index contributed by atoms with van der Waals surface area (Å²) >= 11 is 0. The first-order valence-electron chi connectivity index (χ1n) is 15.1. The maximum atomic E-state index is 4.32. The summed E-state index contributed by atoms with van der Waals surface area (Å²) in [7, 11) is 0. The number of aryl methyl sites for hydroxylation is 2. The van der Waals surface area contributed by atoms with E-state index in [4.69, 9.17) is 0 Å². The van der Waals surface area contributed by atoms with E-state index in [-0.39, 0.29) is 0 Å². The number of hydrogen-bond donors (Lipinski definition) is 1. The van der Waals surface area contributed by atoms with Crippen LogP contribution in [-0.2, 0) is 19.4 Å². The molecule has 0 amide bonds. The molecular weight excluding hydrogens is 452 g/mol. The lowest BCUT2D eigenvalue weighted by Gasteiger charge is -2.24. The Hall–Kier alpha value is -2.62. The van der Waals surface area contributed by atoms with Crippen molar-refractivity contribution in [1.82, 2.24) is 15.4 Å². The van der Waals surface area contributed by atoms with Gasteiger partial charge in [0.25, 0.3) is 0 Å². The number of benzene rings is 2. The van der Waals surface area contributed by atoms with Gasteiger partial charge in [-0.1, -0.05) is 115 Å². The molecule has 1 N–H and O–H groups in total. The van der Waals surface area contributed by atoms with Crippen molar-refractivity contribution >= 4 is 11.4 Å². The van der Waals surface area contributed by atoms with Crippen LogP contribution in [0.4, 0.5) is 11.4 Å². The lowest BCUT2D eigenvalue weighted by atomic mass is 10.0. The molecule has 1 aromatic heterocycles. The van der Waals surface area contributed by atoms with Gasteiger partial charge < -0.3 is 4.90 Å². The molecule has 37 heavy (non-hydrogen) atoms. The molecule has 0 atom stereocenters. The van der Waals surface area contributed by atoms with Gasteiger partial charge in [0.2, 0.25) is 0 Å². The van der Waals surface area contributed by atoms with Crippen molar-refractivity contribution in [3.8, 4) is 0 Å². The Kier molecular flexibility index (Phi) is 13.9. The maximum Gasteiger partial charge on any atom is 0.102 e. The van der Waals surface area contributed by atoms with Crippen molar-refractivity contribution < 1.29 is 0 Å². The molecule has 3 aromatic rings. The van der Waals surface area contributed by atoms with Gasteiger partial charge in [-0.3, -0.25) is 0 Å². The molecule has 2 aromatic carbocycles. The highest BCUT2D eigenvalue weighted by Gasteiger charge is 2.12. The molecule has 4 nitrogen and oxygen atoms in total. The molecule has 0 radical (unpaired) electrons. The second-order valence-electron chi connectivity index (χ2n) is 10.6. The number of H-pyrrole nitrogens is 1. The minimum absolute atomic E-state index is 0.699. The number of rotatable bonds is 20. The van der Waals surface area contributed by atoms with E-state index in [1.807, 2.05) is 6.20 Å². The van der Waals surface area contributed by atoms with Gasteiger partial charge in [-0.15, -0.1) is 0 Å². The number of aromatic amines is 1. The zero-order valence-electron chi connectivity index (χ0n) is 23.6. The van der Waals surface area contributed by atoms with Crippen LogP contribution in [0.2, 0.25) is 0 Å². The quantitative estimate of drug-likeness (QED) is 0.156. The third-order valence-electron chi connectivity index (χ3n) is 7.42. The van der Waals surface area contributed by atoms with Gasteiger partial charge in [-0.05, 0) is 61.1 Å². The van der Waals surface area contributed by atoms with Crippen molar-refractivity contribution in [2.45, 2.75) is 123 Å². The minimum atomic E-state index is 0.699. The van der Waals surface area contributed by atoms with Crippen LogP contribution in [0, 0.1) is 0 Å². The topological polar surface area (TPSA) is 44.8 Å². The summed E-state index contributed by atoms with van der Waals surface area (Å²) < 4.78 is 0. The highest BCUT2D eigenvalue weighted by Crippen LogP contribution is 2.28. The third-order valence-corrected chi connectivity index (χ3v) is 7.42.